The fourth-order valence-electron chi connectivity index (χ4n) is 3.10. The zero-order valence-corrected chi connectivity index (χ0v) is 15.3. The molecule has 0 bridgehead atoms. The van der Waals surface area contributed by atoms with Crippen molar-refractivity contribution in [3.63, 3.8) is 0 Å². The molecule has 3 rings (SSSR count). The van der Waals surface area contributed by atoms with Gasteiger partial charge in [-0.3, -0.25) is 4.79 Å². The molecule has 2 aromatic carbocycles. The third-order valence-corrected chi connectivity index (χ3v) is 5.06. The van der Waals surface area contributed by atoms with E-state index in [9.17, 15) is 4.79 Å². The summed E-state index contributed by atoms with van der Waals surface area (Å²) < 4.78 is 1.09. The lowest BCUT2D eigenvalue weighted by molar-refractivity contribution is 0.0947. The molecule has 0 spiro atoms. The average Bonchev–Trinajstić information content (AvgIpc) is 3.04. The first kappa shape index (κ1) is 16.8. The zero-order chi connectivity index (χ0) is 17.1. The maximum atomic E-state index is 12.4. The molecule has 1 atom stereocenters. The molecule has 1 saturated heterocycles. The van der Waals surface area contributed by atoms with Crippen molar-refractivity contribution in [2.24, 2.45) is 5.92 Å². The van der Waals surface area contributed by atoms with E-state index in [-0.39, 0.29) is 5.91 Å². The summed E-state index contributed by atoms with van der Waals surface area (Å²) in [6, 6.07) is 13.8. The van der Waals surface area contributed by atoms with Crippen molar-refractivity contribution < 1.29 is 4.79 Å². The number of halogens is 1. The molecule has 24 heavy (non-hydrogen) atoms. The van der Waals surface area contributed by atoms with Crippen LogP contribution in [0.25, 0.3) is 0 Å². The Morgan fingerprint density at radius 3 is 2.79 bits per heavy atom. The summed E-state index contributed by atoms with van der Waals surface area (Å²) in [5.41, 5.74) is 9.25. The molecule has 1 aliphatic rings. The molecule has 1 fully saturated rings. The SMILES string of the molecule is Cc1ccc(N)cc1C(=O)NCC1CCN(c2ccc(Br)cc2)C1. The average molecular weight is 388 g/mol. The number of hydrogen-bond acceptors (Lipinski definition) is 3. The lowest BCUT2D eigenvalue weighted by atomic mass is 10.1. The van der Waals surface area contributed by atoms with Crippen LogP contribution in [0.4, 0.5) is 11.4 Å². The van der Waals surface area contributed by atoms with Gasteiger partial charge in [-0.05, 0) is 61.2 Å². The van der Waals surface area contributed by atoms with Crippen molar-refractivity contribution in [3.05, 3.63) is 58.1 Å². The Morgan fingerprint density at radius 1 is 1.29 bits per heavy atom. The van der Waals surface area contributed by atoms with E-state index in [1.807, 2.05) is 19.1 Å². The number of carbonyl (C=O) groups excluding carboxylic acids is 1. The first-order valence-electron chi connectivity index (χ1n) is 8.18. The van der Waals surface area contributed by atoms with Crippen molar-refractivity contribution >= 4 is 33.2 Å². The number of nitrogens with one attached hydrogen (secondary N) is 1. The van der Waals surface area contributed by atoms with E-state index in [4.69, 9.17) is 5.73 Å². The number of rotatable bonds is 4. The van der Waals surface area contributed by atoms with E-state index in [0.717, 1.165) is 29.5 Å². The van der Waals surface area contributed by atoms with Crippen LogP contribution in [-0.2, 0) is 0 Å². The quantitative estimate of drug-likeness (QED) is 0.787. The number of nitrogen functional groups attached to an aromatic ring is 1. The first-order valence-corrected chi connectivity index (χ1v) is 8.97. The predicted molar refractivity (Wildman–Crippen MR) is 102 cm³/mol. The minimum absolute atomic E-state index is 0.0399. The van der Waals surface area contributed by atoms with E-state index >= 15 is 0 Å². The van der Waals surface area contributed by atoms with Crippen molar-refractivity contribution in [1.82, 2.24) is 5.32 Å². The van der Waals surface area contributed by atoms with Crippen molar-refractivity contribution in [1.29, 1.82) is 0 Å². The Hall–Kier alpha value is -2.01. The van der Waals surface area contributed by atoms with Crippen LogP contribution in [0.15, 0.2) is 46.9 Å². The van der Waals surface area contributed by atoms with Crippen LogP contribution in [-0.4, -0.2) is 25.5 Å². The first-order chi connectivity index (χ1) is 11.5. The second-order valence-electron chi connectivity index (χ2n) is 6.36. The lowest BCUT2D eigenvalue weighted by Gasteiger charge is -2.19. The van der Waals surface area contributed by atoms with Gasteiger partial charge in [0.2, 0.25) is 0 Å². The van der Waals surface area contributed by atoms with Gasteiger partial charge in [-0.1, -0.05) is 22.0 Å². The van der Waals surface area contributed by atoms with Crippen LogP contribution in [0.1, 0.15) is 22.3 Å². The second kappa shape index (κ2) is 7.26. The van der Waals surface area contributed by atoms with Gasteiger partial charge in [0.05, 0.1) is 0 Å². The van der Waals surface area contributed by atoms with Crippen LogP contribution in [0.5, 0.6) is 0 Å². The van der Waals surface area contributed by atoms with E-state index in [2.05, 4.69) is 50.4 Å². The number of carbonyl (C=O) groups is 1. The van der Waals surface area contributed by atoms with Crippen LogP contribution in [0, 0.1) is 12.8 Å². The number of anilines is 2. The summed E-state index contributed by atoms with van der Waals surface area (Å²) in [5, 5.41) is 3.06. The Bertz CT molecular complexity index is 730. The van der Waals surface area contributed by atoms with Gasteiger partial charge in [-0.2, -0.15) is 0 Å². The van der Waals surface area contributed by atoms with Gasteiger partial charge in [-0.25, -0.2) is 0 Å². The molecule has 4 nitrogen and oxygen atoms in total. The second-order valence-corrected chi connectivity index (χ2v) is 7.28. The number of amides is 1. The van der Waals surface area contributed by atoms with E-state index in [1.54, 1.807) is 6.07 Å². The van der Waals surface area contributed by atoms with Gasteiger partial charge in [0.15, 0.2) is 0 Å². The predicted octanol–water partition coefficient (Wildman–Crippen LogP) is 3.60. The standard InChI is InChI=1S/C19H22BrN3O/c1-13-2-5-16(21)10-18(13)19(24)22-11-14-8-9-23(12-14)17-6-3-15(20)4-7-17/h2-7,10,14H,8-9,11-12,21H2,1H3,(H,22,24). The van der Waals surface area contributed by atoms with Gasteiger partial charge in [0.25, 0.3) is 5.91 Å². The monoisotopic (exact) mass is 387 g/mol. The van der Waals surface area contributed by atoms with E-state index in [1.165, 1.54) is 5.69 Å². The van der Waals surface area contributed by atoms with Gasteiger partial charge in [0, 0.05) is 41.0 Å². The molecule has 3 N–H and O–H groups in total. The topological polar surface area (TPSA) is 58.4 Å². The van der Waals surface area contributed by atoms with Crippen LogP contribution in [0.3, 0.4) is 0 Å². The molecule has 0 aliphatic carbocycles. The summed E-state index contributed by atoms with van der Waals surface area (Å²) in [6.07, 6.45) is 1.09. The molecule has 1 aliphatic heterocycles. The van der Waals surface area contributed by atoms with Crippen molar-refractivity contribution in [2.75, 3.05) is 30.3 Å². The highest BCUT2D eigenvalue weighted by atomic mass is 79.9. The van der Waals surface area contributed by atoms with Crippen LogP contribution in [0.2, 0.25) is 0 Å². The normalized spacial score (nSPS) is 17.1. The highest BCUT2D eigenvalue weighted by Crippen LogP contribution is 2.25. The van der Waals surface area contributed by atoms with Gasteiger partial charge in [-0.15, -0.1) is 0 Å². The molecular formula is C19H22BrN3O. The number of aryl methyl sites for hydroxylation is 1. The third-order valence-electron chi connectivity index (χ3n) is 4.54. The van der Waals surface area contributed by atoms with Crippen molar-refractivity contribution in [2.45, 2.75) is 13.3 Å². The summed E-state index contributed by atoms with van der Waals surface area (Å²) in [4.78, 5) is 14.7. The summed E-state index contributed by atoms with van der Waals surface area (Å²) >= 11 is 3.46. The molecule has 2 aromatic rings. The molecule has 126 valence electrons. The third kappa shape index (κ3) is 3.90. The smallest absolute Gasteiger partial charge is 0.251 e. The molecule has 1 heterocycles. The molecule has 5 heteroatoms. The Morgan fingerprint density at radius 2 is 2.04 bits per heavy atom. The Labute approximate surface area is 151 Å². The summed E-state index contributed by atoms with van der Waals surface area (Å²) in [6.45, 7) is 4.62. The van der Waals surface area contributed by atoms with Gasteiger partial charge < -0.3 is 16.0 Å². The molecular weight excluding hydrogens is 366 g/mol. The summed E-state index contributed by atoms with van der Waals surface area (Å²) in [7, 11) is 0. The number of nitrogens with two attached hydrogens (primary N) is 1. The highest BCUT2D eigenvalue weighted by Gasteiger charge is 2.23. The van der Waals surface area contributed by atoms with Crippen LogP contribution >= 0.6 is 15.9 Å². The number of benzene rings is 2. The molecule has 0 saturated carbocycles. The number of hydrogen-bond donors (Lipinski definition) is 2. The maximum Gasteiger partial charge on any atom is 0.251 e. The molecule has 1 unspecified atom stereocenters. The van der Waals surface area contributed by atoms with Crippen LogP contribution < -0.4 is 16.0 Å². The highest BCUT2D eigenvalue weighted by molar-refractivity contribution is 9.10. The molecule has 0 radical (unpaired) electrons. The Balaban J connectivity index is 1.55. The summed E-state index contributed by atoms with van der Waals surface area (Å²) in [5.74, 6) is 0.431. The lowest BCUT2D eigenvalue weighted by Crippen LogP contribution is -2.31. The molecule has 1 amide bonds. The fourth-order valence-corrected chi connectivity index (χ4v) is 3.37. The van der Waals surface area contributed by atoms with E-state index < -0.39 is 0 Å². The number of nitrogens with zero attached hydrogens (tertiary/aromatic N) is 1. The van der Waals surface area contributed by atoms with Gasteiger partial charge >= 0.3 is 0 Å². The maximum absolute atomic E-state index is 12.4. The van der Waals surface area contributed by atoms with Crippen molar-refractivity contribution in [3.8, 4) is 0 Å². The Kier molecular flexibility index (Phi) is 5.09. The van der Waals surface area contributed by atoms with Gasteiger partial charge in [0.1, 0.15) is 0 Å². The fraction of sp³-hybridized carbons (Fsp3) is 0.316. The molecule has 0 aromatic heterocycles. The minimum Gasteiger partial charge on any atom is -0.399 e. The van der Waals surface area contributed by atoms with E-state index in [0.29, 0.717) is 23.7 Å². The zero-order valence-electron chi connectivity index (χ0n) is 13.8. The minimum atomic E-state index is -0.0399. The largest absolute Gasteiger partial charge is 0.399 e.